The summed E-state index contributed by atoms with van der Waals surface area (Å²) in [6.45, 7) is 6.02. The lowest BCUT2D eigenvalue weighted by atomic mass is 9.72. The lowest BCUT2D eigenvalue weighted by Crippen LogP contribution is -2.54. The third-order valence-electron chi connectivity index (χ3n) is 4.97. The molecule has 2 saturated carbocycles. The predicted molar refractivity (Wildman–Crippen MR) is 57.9 cm³/mol. The fourth-order valence-corrected chi connectivity index (χ4v) is 3.57. The summed E-state index contributed by atoms with van der Waals surface area (Å²) >= 11 is 0. The van der Waals surface area contributed by atoms with Gasteiger partial charge in [-0.1, -0.05) is 13.8 Å². The molecule has 80 valence electrons. The summed E-state index contributed by atoms with van der Waals surface area (Å²) in [5.74, 6) is 2.73. The van der Waals surface area contributed by atoms with E-state index in [9.17, 15) is 0 Å². The van der Waals surface area contributed by atoms with Crippen molar-refractivity contribution < 1.29 is 0 Å². The first kappa shape index (κ1) is 9.17. The summed E-state index contributed by atoms with van der Waals surface area (Å²) in [4.78, 5) is 2.72. The first-order valence-corrected chi connectivity index (χ1v) is 6.18. The second kappa shape index (κ2) is 2.96. The molecule has 2 nitrogen and oxygen atoms in total. The Labute approximate surface area is 86.8 Å². The second-order valence-corrected chi connectivity index (χ2v) is 5.97. The van der Waals surface area contributed by atoms with Gasteiger partial charge in [0.05, 0.1) is 0 Å². The van der Waals surface area contributed by atoms with Crippen molar-refractivity contribution in [3.8, 4) is 0 Å². The highest BCUT2D eigenvalue weighted by Crippen LogP contribution is 2.47. The molecule has 3 atom stereocenters. The van der Waals surface area contributed by atoms with Gasteiger partial charge in [0.2, 0.25) is 0 Å². The van der Waals surface area contributed by atoms with Crippen molar-refractivity contribution in [1.82, 2.24) is 4.90 Å². The molecule has 14 heavy (non-hydrogen) atoms. The number of nitrogens with zero attached hydrogens (tertiary/aromatic N) is 1. The first-order valence-electron chi connectivity index (χ1n) is 6.18. The van der Waals surface area contributed by atoms with Crippen LogP contribution in [0.15, 0.2) is 0 Å². The van der Waals surface area contributed by atoms with Crippen LogP contribution in [0.3, 0.4) is 0 Å². The summed E-state index contributed by atoms with van der Waals surface area (Å²) in [7, 11) is 0. The molecule has 2 saturated heterocycles. The average molecular weight is 194 g/mol. The van der Waals surface area contributed by atoms with Crippen LogP contribution >= 0.6 is 0 Å². The van der Waals surface area contributed by atoms with Gasteiger partial charge in [-0.2, -0.15) is 0 Å². The van der Waals surface area contributed by atoms with Crippen LogP contribution in [0.1, 0.15) is 33.1 Å². The zero-order valence-corrected chi connectivity index (χ0v) is 9.32. The highest BCUT2D eigenvalue weighted by atomic mass is 15.3. The molecule has 3 unspecified atom stereocenters. The Morgan fingerprint density at radius 2 is 1.93 bits per heavy atom. The van der Waals surface area contributed by atoms with Crippen molar-refractivity contribution >= 4 is 0 Å². The summed E-state index contributed by atoms with van der Waals surface area (Å²) in [5, 5.41) is 0. The van der Waals surface area contributed by atoms with Crippen molar-refractivity contribution in [2.45, 2.75) is 51.2 Å². The van der Waals surface area contributed by atoms with Crippen molar-refractivity contribution in [1.29, 1.82) is 0 Å². The molecule has 4 rings (SSSR count). The van der Waals surface area contributed by atoms with Crippen molar-refractivity contribution in [3.05, 3.63) is 0 Å². The number of nitrogens with two attached hydrogens (primary N) is 1. The minimum absolute atomic E-state index is 0.521. The van der Waals surface area contributed by atoms with Gasteiger partial charge in [-0.3, -0.25) is 4.90 Å². The molecule has 4 fully saturated rings. The summed E-state index contributed by atoms with van der Waals surface area (Å²) in [6, 6.07) is 2.18. The maximum Gasteiger partial charge on any atom is 0.0257 e. The molecule has 0 aromatic rings. The van der Waals surface area contributed by atoms with Gasteiger partial charge < -0.3 is 5.73 Å². The summed E-state index contributed by atoms with van der Waals surface area (Å²) < 4.78 is 0. The molecule has 2 heteroatoms. The summed E-state index contributed by atoms with van der Waals surface area (Å²) in [5.41, 5.74) is 6.09. The molecule has 0 radical (unpaired) electrons. The highest BCUT2D eigenvalue weighted by molar-refractivity contribution is 5.10. The topological polar surface area (TPSA) is 29.3 Å². The van der Waals surface area contributed by atoms with Crippen LogP contribution in [-0.4, -0.2) is 29.6 Å². The first-order chi connectivity index (χ1) is 6.66. The molecule has 4 aliphatic rings. The lowest BCUT2D eigenvalue weighted by Gasteiger charge is -2.46. The fraction of sp³-hybridized carbons (Fsp3) is 1.00. The Morgan fingerprint density at radius 1 is 1.21 bits per heavy atom. The van der Waals surface area contributed by atoms with Crippen molar-refractivity contribution in [2.75, 3.05) is 6.54 Å². The van der Waals surface area contributed by atoms with Crippen LogP contribution < -0.4 is 5.73 Å². The van der Waals surface area contributed by atoms with Crippen molar-refractivity contribution in [2.24, 2.45) is 23.5 Å². The second-order valence-electron chi connectivity index (χ2n) is 5.97. The maximum absolute atomic E-state index is 6.09. The van der Waals surface area contributed by atoms with E-state index in [0.29, 0.717) is 6.04 Å². The van der Waals surface area contributed by atoms with E-state index in [1.807, 2.05) is 0 Å². The zero-order chi connectivity index (χ0) is 9.87. The molecule has 2 N–H and O–H groups in total. The smallest absolute Gasteiger partial charge is 0.0257 e. The van der Waals surface area contributed by atoms with E-state index < -0.39 is 0 Å². The van der Waals surface area contributed by atoms with E-state index in [4.69, 9.17) is 5.73 Å². The molecule has 0 spiro atoms. The van der Waals surface area contributed by atoms with Gasteiger partial charge in [0.1, 0.15) is 0 Å². The quantitative estimate of drug-likeness (QED) is 0.721. The largest absolute Gasteiger partial charge is 0.326 e. The third kappa shape index (κ3) is 1.10. The van der Waals surface area contributed by atoms with Gasteiger partial charge in [-0.25, -0.2) is 0 Å². The Morgan fingerprint density at radius 3 is 2.36 bits per heavy atom. The molecule has 0 amide bonds. The van der Waals surface area contributed by atoms with Gasteiger partial charge in [0.25, 0.3) is 0 Å². The van der Waals surface area contributed by atoms with E-state index in [-0.39, 0.29) is 0 Å². The van der Waals surface area contributed by atoms with E-state index in [2.05, 4.69) is 18.7 Å². The zero-order valence-electron chi connectivity index (χ0n) is 9.32. The van der Waals surface area contributed by atoms with Crippen LogP contribution in [-0.2, 0) is 0 Å². The van der Waals surface area contributed by atoms with Crippen LogP contribution in [0.4, 0.5) is 0 Å². The van der Waals surface area contributed by atoms with Crippen LogP contribution in [0.2, 0.25) is 0 Å². The van der Waals surface area contributed by atoms with Gasteiger partial charge >= 0.3 is 0 Å². The van der Waals surface area contributed by atoms with Crippen LogP contribution in [0.25, 0.3) is 0 Å². The number of rotatable bonds is 2. The SMILES string of the molecule is CC(C)C1CC(N2CC3CC2C3N)C1. The van der Waals surface area contributed by atoms with Gasteiger partial charge in [-0.15, -0.1) is 0 Å². The Bertz CT molecular complexity index is 232. The number of fused-ring (bicyclic) bond motifs is 1. The monoisotopic (exact) mass is 194 g/mol. The number of hydrogen-bond donors (Lipinski definition) is 1. The molecule has 0 aromatic heterocycles. The molecule has 2 aliphatic heterocycles. The maximum atomic E-state index is 6.09. The van der Waals surface area contributed by atoms with Crippen LogP contribution in [0, 0.1) is 17.8 Å². The molecule has 2 bridgehead atoms. The van der Waals surface area contributed by atoms with E-state index in [0.717, 1.165) is 29.8 Å². The molecule has 0 aromatic carbocycles. The highest BCUT2D eigenvalue weighted by Gasteiger charge is 2.53. The van der Waals surface area contributed by atoms with Crippen molar-refractivity contribution in [3.63, 3.8) is 0 Å². The van der Waals surface area contributed by atoms with Gasteiger partial charge in [0, 0.05) is 24.7 Å². The van der Waals surface area contributed by atoms with Gasteiger partial charge in [-0.05, 0) is 37.0 Å². The van der Waals surface area contributed by atoms with E-state index >= 15 is 0 Å². The van der Waals surface area contributed by atoms with Gasteiger partial charge in [0.15, 0.2) is 0 Å². The normalized spacial score (nSPS) is 51.9. The number of hydrogen-bond acceptors (Lipinski definition) is 2. The van der Waals surface area contributed by atoms with Crippen LogP contribution in [0.5, 0.6) is 0 Å². The Hall–Kier alpha value is -0.0800. The molecular weight excluding hydrogens is 172 g/mol. The minimum Gasteiger partial charge on any atom is -0.326 e. The lowest BCUT2D eigenvalue weighted by molar-refractivity contribution is 0.0487. The molecule has 2 aliphatic carbocycles. The molecular formula is C12H22N2. The third-order valence-corrected chi connectivity index (χ3v) is 4.97. The average Bonchev–Trinajstić information content (AvgIpc) is 2.56. The minimum atomic E-state index is 0.521. The fourth-order valence-electron chi connectivity index (χ4n) is 3.57. The standard InChI is InChI=1S/C12H22N2/c1-7(2)8-3-10(4-8)14-6-9-5-11(14)12(9)13/h7-12H,3-6,13H2,1-2H3. The van der Waals surface area contributed by atoms with E-state index in [1.165, 1.54) is 25.8 Å². The predicted octanol–water partition coefficient (Wildman–Crippen LogP) is 1.45. The Balaban J connectivity index is 1.55. The van der Waals surface area contributed by atoms with E-state index in [1.54, 1.807) is 0 Å². The Kier molecular flexibility index (Phi) is 1.94. The molecule has 2 heterocycles. The summed E-state index contributed by atoms with van der Waals surface area (Å²) in [6.07, 6.45) is 4.27.